The van der Waals surface area contributed by atoms with Gasteiger partial charge in [-0.2, -0.15) is 11.8 Å². The van der Waals surface area contributed by atoms with Crippen molar-refractivity contribution in [3.63, 3.8) is 0 Å². The third-order valence-electron chi connectivity index (χ3n) is 3.19. The smallest absolute Gasteiger partial charge is 0.253 e. The van der Waals surface area contributed by atoms with Gasteiger partial charge in [-0.15, -0.1) is 0 Å². The predicted octanol–water partition coefficient (Wildman–Crippen LogP) is 1.90. The van der Waals surface area contributed by atoms with Crippen molar-refractivity contribution < 1.29 is 4.79 Å². The highest BCUT2D eigenvalue weighted by Gasteiger charge is 2.24. The summed E-state index contributed by atoms with van der Waals surface area (Å²) in [6, 6.07) is 7.53. The number of hydrogen-bond acceptors (Lipinski definition) is 3. The number of nitrogens with zero attached hydrogens (tertiary/aromatic N) is 1. The monoisotopic (exact) mass is 280 g/mol. The minimum atomic E-state index is 0.0667. The average Bonchev–Trinajstić information content (AvgIpc) is 2.91. The molecule has 0 saturated carbocycles. The molecule has 1 aliphatic heterocycles. The SMILES string of the molecule is CN(C(=O)c1ccc(C(N)=S)cc1)C1CCSC1. The molecule has 1 aromatic rings. The van der Waals surface area contributed by atoms with Gasteiger partial charge in [-0.25, -0.2) is 0 Å². The number of hydrogen-bond donors (Lipinski definition) is 1. The summed E-state index contributed by atoms with van der Waals surface area (Å²) in [5.41, 5.74) is 7.01. The molecule has 0 aromatic heterocycles. The van der Waals surface area contributed by atoms with E-state index in [9.17, 15) is 4.79 Å². The normalized spacial score (nSPS) is 18.6. The molecule has 0 spiro atoms. The van der Waals surface area contributed by atoms with E-state index in [1.807, 2.05) is 23.7 Å². The fourth-order valence-corrected chi connectivity index (χ4v) is 3.38. The van der Waals surface area contributed by atoms with Crippen LogP contribution in [0.1, 0.15) is 22.3 Å². The first-order chi connectivity index (χ1) is 8.59. The highest BCUT2D eigenvalue weighted by molar-refractivity contribution is 7.99. The van der Waals surface area contributed by atoms with Gasteiger partial charge >= 0.3 is 0 Å². The maximum atomic E-state index is 12.3. The maximum absolute atomic E-state index is 12.3. The van der Waals surface area contributed by atoms with Crippen LogP contribution >= 0.6 is 24.0 Å². The van der Waals surface area contributed by atoms with E-state index >= 15 is 0 Å². The second kappa shape index (κ2) is 5.71. The van der Waals surface area contributed by atoms with Gasteiger partial charge in [0, 0.05) is 30.0 Å². The highest BCUT2D eigenvalue weighted by atomic mass is 32.2. The Bertz CT molecular complexity index is 453. The molecule has 1 aliphatic rings. The van der Waals surface area contributed by atoms with Crippen LogP contribution in [0.3, 0.4) is 0 Å². The van der Waals surface area contributed by atoms with Gasteiger partial charge in [-0.1, -0.05) is 24.4 Å². The summed E-state index contributed by atoms with van der Waals surface area (Å²) in [4.78, 5) is 14.5. The number of rotatable bonds is 3. The van der Waals surface area contributed by atoms with Gasteiger partial charge in [0.25, 0.3) is 5.91 Å². The number of thioether (sulfide) groups is 1. The molecular weight excluding hydrogens is 264 g/mol. The van der Waals surface area contributed by atoms with Crippen LogP contribution in [-0.2, 0) is 0 Å². The van der Waals surface area contributed by atoms with Crippen LogP contribution in [0.15, 0.2) is 24.3 Å². The predicted molar refractivity (Wildman–Crippen MR) is 80.2 cm³/mol. The zero-order valence-electron chi connectivity index (χ0n) is 10.3. The molecule has 1 saturated heterocycles. The van der Waals surface area contributed by atoms with E-state index in [1.54, 1.807) is 24.3 Å². The number of benzene rings is 1. The fraction of sp³-hybridized carbons (Fsp3) is 0.385. The van der Waals surface area contributed by atoms with Crippen LogP contribution < -0.4 is 5.73 Å². The van der Waals surface area contributed by atoms with Gasteiger partial charge in [0.15, 0.2) is 0 Å². The van der Waals surface area contributed by atoms with Crippen LogP contribution in [0.5, 0.6) is 0 Å². The van der Waals surface area contributed by atoms with Crippen molar-refractivity contribution in [1.82, 2.24) is 4.90 Å². The minimum Gasteiger partial charge on any atom is -0.389 e. The van der Waals surface area contributed by atoms with Crippen molar-refractivity contribution in [2.75, 3.05) is 18.6 Å². The third-order valence-corrected chi connectivity index (χ3v) is 4.57. The zero-order chi connectivity index (χ0) is 13.1. The molecule has 18 heavy (non-hydrogen) atoms. The van der Waals surface area contributed by atoms with Gasteiger partial charge in [0.2, 0.25) is 0 Å². The van der Waals surface area contributed by atoms with Gasteiger partial charge in [0.05, 0.1) is 0 Å². The van der Waals surface area contributed by atoms with Crippen molar-refractivity contribution >= 4 is 34.9 Å². The lowest BCUT2D eigenvalue weighted by Crippen LogP contribution is -2.36. The average molecular weight is 280 g/mol. The Labute approximate surface area is 117 Å². The first-order valence-electron chi connectivity index (χ1n) is 5.84. The Morgan fingerprint density at radius 1 is 1.39 bits per heavy atom. The molecule has 1 amide bonds. The Balaban J connectivity index is 2.10. The summed E-state index contributed by atoms with van der Waals surface area (Å²) in [7, 11) is 1.88. The molecular formula is C13H16N2OS2. The van der Waals surface area contributed by atoms with Crippen LogP contribution in [-0.4, -0.2) is 40.4 Å². The minimum absolute atomic E-state index is 0.0667. The maximum Gasteiger partial charge on any atom is 0.253 e. The molecule has 0 aliphatic carbocycles. The van der Waals surface area contributed by atoms with E-state index < -0.39 is 0 Å². The standard InChI is InChI=1S/C13H16N2OS2/c1-15(11-6-7-18-8-11)13(16)10-4-2-9(3-5-10)12(14)17/h2-5,11H,6-8H2,1H3,(H2,14,17). The van der Waals surface area contributed by atoms with Crippen LogP contribution in [0.25, 0.3) is 0 Å². The van der Waals surface area contributed by atoms with Crippen LogP contribution in [0.2, 0.25) is 0 Å². The quantitative estimate of drug-likeness (QED) is 0.859. The van der Waals surface area contributed by atoms with Gasteiger partial charge in [-0.05, 0) is 24.3 Å². The molecule has 1 unspecified atom stereocenters. The highest BCUT2D eigenvalue weighted by Crippen LogP contribution is 2.22. The molecule has 3 nitrogen and oxygen atoms in total. The van der Waals surface area contributed by atoms with Crippen molar-refractivity contribution in [1.29, 1.82) is 0 Å². The van der Waals surface area contributed by atoms with E-state index in [4.69, 9.17) is 18.0 Å². The van der Waals surface area contributed by atoms with Crippen molar-refractivity contribution in [3.05, 3.63) is 35.4 Å². The van der Waals surface area contributed by atoms with Gasteiger partial charge in [0.1, 0.15) is 4.99 Å². The summed E-state index contributed by atoms with van der Waals surface area (Å²) >= 11 is 6.79. The van der Waals surface area contributed by atoms with Gasteiger partial charge < -0.3 is 10.6 Å². The molecule has 0 bridgehead atoms. The van der Waals surface area contributed by atoms with Crippen LogP contribution in [0.4, 0.5) is 0 Å². The summed E-state index contributed by atoms with van der Waals surface area (Å²) in [6.07, 6.45) is 1.08. The first-order valence-corrected chi connectivity index (χ1v) is 7.40. The van der Waals surface area contributed by atoms with Crippen molar-refractivity contribution in [3.8, 4) is 0 Å². The number of thiocarbonyl (C=S) groups is 1. The van der Waals surface area contributed by atoms with E-state index in [0.29, 0.717) is 16.6 Å². The second-order valence-electron chi connectivity index (χ2n) is 4.38. The summed E-state index contributed by atoms with van der Waals surface area (Å²) in [6.45, 7) is 0. The fourth-order valence-electron chi connectivity index (χ4n) is 1.97. The van der Waals surface area contributed by atoms with E-state index in [1.165, 1.54) is 0 Å². The molecule has 1 heterocycles. The lowest BCUT2D eigenvalue weighted by atomic mass is 10.1. The number of nitrogens with two attached hydrogens (primary N) is 1. The lowest BCUT2D eigenvalue weighted by Gasteiger charge is -2.23. The summed E-state index contributed by atoms with van der Waals surface area (Å²) in [5, 5.41) is 0. The zero-order valence-corrected chi connectivity index (χ0v) is 11.9. The number of carbonyl (C=O) groups is 1. The molecule has 1 fully saturated rings. The molecule has 96 valence electrons. The number of amides is 1. The second-order valence-corrected chi connectivity index (χ2v) is 5.96. The van der Waals surface area contributed by atoms with Crippen molar-refractivity contribution in [2.45, 2.75) is 12.5 Å². The van der Waals surface area contributed by atoms with E-state index in [-0.39, 0.29) is 5.91 Å². The summed E-state index contributed by atoms with van der Waals surface area (Å²) < 4.78 is 0. The lowest BCUT2D eigenvalue weighted by molar-refractivity contribution is 0.0748. The Hall–Kier alpha value is -1.07. The Morgan fingerprint density at radius 2 is 2.00 bits per heavy atom. The third kappa shape index (κ3) is 2.84. The largest absolute Gasteiger partial charge is 0.389 e. The molecule has 2 N–H and O–H groups in total. The van der Waals surface area contributed by atoms with Crippen LogP contribution in [0, 0.1) is 0 Å². The summed E-state index contributed by atoms with van der Waals surface area (Å²) in [5.74, 6) is 2.24. The first kappa shape index (κ1) is 13.4. The molecule has 2 rings (SSSR count). The Morgan fingerprint density at radius 3 is 2.50 bits per heavy atom. The molecule has 1 aromatic carbocycles. The molecule has 0 radical (unpaired) electrons. The topological polar surface area (TPSA) is 46.3 Å². The van der Waals surface area contributed by atoms with E-state index in [0.717, 1.165) is 23.5 Å². The molecule has 5 heteroatoms. The van der Waals surface area contributed by atoms with Crippen molar-refractivity contribution in [2.24, 2.45) is 5.73 Å². The number of carbonyl (C=O) groups excluding carboxylic acids is 1. The van der Waals surface area contributed by atoms with Gasteiger partial charge in [-0.3, -0.25) is 4.79 Å². The molecule has 1 atom stereocenters. The Kier molecular flexibility index (Phi) is 4.24. The van der Waals surface area contributed by atoms with E-state index in [2.05, 4.69) is 0 Å².